The molecule has 1 atom stereocenters. The lowest BCUT2D eigenvalue weighted by molar-refractivity contribution is 0.102. The minimum Gasteiger partial charge on any atom is -0.321 e. The first-order valence-electron chi connectivity index (χ1n) is 8.64. The standard InChI is InChI=1S/C17H23N5O3S.ClH/c1-2-26(24,25)21-14-7-5-13(6-8-14)19-17(23)16-9-11-22(20-16)15-4-3-10-18-12-15;/h5-9,11,15,18,21H,2-4,10,12H2,1H3,(H,19,23);1H. The number of carbonyl (C=O) groups excluding carboxylic acids is 1. The van der Waals surface area contributed by atoms with Crippen molar-refractivity contribution in [2.45, 2.75) is 25.8 Å². The second-order valence-corrected chi connectivity index (χ2v) is 8.23. The molecule has 0 spiro atoms. The van der Waals surface area contributed by atoms with E-state index in [0.29, 0.717) is 17.1 Å². The zero-order valence-electron chi connectivity index (χ0n) is 15.0. The molecule has 2 heterocycles. The molecule has 148 valence electrons. The maximum Gasteiger partial charge on any atom is 0.276 e. The van der Waals surface area contributed by atoms with Crippen LogP contribution in [0.1, 0.15) is 36.3 Å². The molecule has 1 aromatic carbocycles. The predicted octanol–water partition coefficient (Wildman–Crippen LogP) is 2.24. The Balaban J connectivity index is 0.00000261. The molecule has 2 aromatic rings. The summed E-state index contributed by atoms with van der Waals surface area (Å²) in [6, 6.07) is 8.48. The Morgan fingerprint density at radius 3 is 2.59 bits per heavy atom. The van der Waals surface area contributed by atoms with E-state index in [0.717, 1.165) is 25.9 Å². The van der Waals surface area contributed by atoms with Gasteiger partial charge in [0.15, 0.2) is 5.69 Å². The number of carbonyl (C=O) groups is 1. The maximum atomic E-state index is 12.4. The third-order valence-electron chi connectivity index (χ3n) is 4.28. The summed E-state index contributed by atoms with van der Waals surface area (Å²) in [5.41, 5.74) is 1.38. The molecule has 0 radical (unpaired) electrons. The second-order valence-electron chi connectivity index (χ2n) is 6.22. The van der Waals surface area contributed by atoms with Crippen LogP contribution in [0.4, 0.5) is 11.4 Å². The Hall–Kier alpha value is -2.10. The Morgan fingerprint density at radius 1 is 1.26 bits per heavy atom. The highest BCUT2D eigenvalue weighted by molar-refractivity contribution is 7.92. The fourth-order valence-corrected chi connectivity index (χ4v) is 3.43. The summed E-state index contributed by atoms with van der Waals surface area (Å²) in [6.45, 7) is 3.45. The predicted molar refractivity (Wildman–Crippen MR) is 108 cm³/mol. The van der Waals surface area contributed by atoms with Gasteiger partial charge in [0.25, 0.3) is 5.91 Å². The molecule has 1 aliphatic rings. The van der Waals surface area contributed by atoms with Crippen molar-refractivity contribution in [1.29, 1.82) is 0 Å². The van der Waals surface area contributed by atoms with Gasteiger partial charge in [0.05, 0.1) is 11.8 Å². The Kier molecular flexibility index (Phi) is 7.23. The van der Waals surface area contributed by atoms with Crippen LogP contribution in [0, 0.1) is 0 Å². The lowest BCUT2D eigenvalue weighted by atomic mass is 10.1. The van der Waals surface area contributed by atoms with E-state index in [9.17, 15) is 13.2 Å². The number of anilines is 2. The van der Waals surface area contributed by atoms with E-state index in [2.05, 4.69) is 20.5 Å². The van der Waals surface area contributed by atoms with Crippen molar-refractivity contribution in [1.82, 2.24) is 15.1 Å². The zero-order valence-corrected chi connectivity index (χ0v) is 16.6. The number of aromatic nitrogens is 2. The molecule has 3 N–H and O–H groups in total. The van der Waals surface area contributed by atoms with Crippen LogP contribution in [0.3, 0.4) is 0 Å². The van der Waals surface area contributed by atoms with Gasteiger partial charge in [-0.05, 0) is 56.6 Å². The first-order chi connectivity index (χ1) is 12.5. The van der Waals surface area contributed by atoms with E-state index in [4.69, 9.17) is 0 Å². The Bertz CT molecular complexity index is 861. The van der Waals surface area contributed by atoms with Crippen LogP contribution in [-0.2, 0) is 10.0 Å². The van der Waals surface area contributed by atoms with Crippen LogP contribution >= 0.6 is 12.4 Å². The number of sulfonamides is 1. The molecular formula is C17H24ClN5O3S. The molecule has 3 rings (SSSR count). The van der Waals surface area contributed by atoms with Crippen LogP contribution in [0.15, 0.2) is 36.5 Å². The van der Waals surface area contributed by atoms with Crippen molar-refractivity contribution in [3.8, 4) is 0 Å². The van der Waals surface area contributed by atoms with Crippen molar-refractivity contribution >= 4 is 39.7 Å². The monoisotopic (exact) mass is 413 g/mol. The number of nitrogens with one attached hydrogen (secondary N) is 3. The fraction of sp³-hybridized carbons (Fsp3) is 0.412. The average Bonchev–Trinajstić information content (AvgIpc) is 3.14. The summed E-state index contributed by atoms with van der Waals surface area (Å²) in [5, 5.41) is 10.5. The van der Waals surface area contributed by atoms with Gasteiger partial charge in [0, 0.05) is 24.1 Å². The summed E-state index contributed by atoms with van der Waals surface area (Å²) in [6.07, 6.45) is 3.97. The van der Waals surface area contributed by atoms with Crippen molar-refractivity contribution in [2.24, 2.45) is 0 Å². The van der Waals surface area contributed by atoms with Gasteiger partial charge in [-0.3, -0.25) is 14.2 Å². The third-order valence-corrected chi connectivity index (χ3v) is 5.59. The topological polar surface area (TPSA) is 105 Å². The minimum absolute atomic E-state index is 0. The average molecular weight is 414 g/mol. The number of amides is 1. The van der Waals surface area contributed by atoms with Gasteiger partial charge in [-0.15, -0.1) is 12.4 Å². The molecule has 1 fully saturated rings. The first kappa shape index (κ1) is 21.2. The molecule has 27 heavy (non-hydrogen) atoms. The highest BCUT2D eigenvalue weighted by Gasteiger charge is 2.17. The second kappa shape index (κ2) is 9.20. The fourth-order valence-electron chi connectivity index (χ4n) is 2.79. The summed E-state index contributed by atoms with van der Waals surface area (Å²) in [4.78, 5) is 12.4. The lowest BCUT2D eigenvalue weighted by Crippen LogP contribution is -2.32. The van der Waals surface area contributed by atoms with E-state index in [1.807, 2.05) is 10.9 Å². The molecule has 8 nitrogen and oxygen atoms in total. The number of hydrogen-bond acceptors (Lipinski definition) is 5. The molecular weight excluding hydrogens is 390 g/mol. The molecule has 1 aromatic heterocycles. The Labute approximate surface area is 165 Å². The van der Waals surface area contributed by atoms with Crippen LogP contribution in [0.25, 0.3) is 0 Å². The normalized spacial score (nSPS) is 17.0. The summed E-state index contributed by atoms with van der Waals surface area (Å²) in [5.74, 6) is -0.292. The quantitative estimate of drug-likeness (QED) is 0.673. The van der Waals surface area contributed by atoms with Gasteiger partial charge >= 0.3 is 0 Å². The highest BCUT2D eigenvalue weighted by Crippen LogP contribution is 2.18. The van der Waals surface area contributed by atoms with Crippen LogP contribution in [0.2, 0.25) is 0 Å². The number of rotatable bonds is 6. The van der Waals surface area contributed by atoms with Gasteiger partial charge in [-0.25, -0.2) is 8.42 Å². The molecule has 10 heteroatoms. The van der Waals surface area contributed by atoms with E-state index >= 15 is 0 Å². The van der Waals surface area contributed by atoms with E-state index in [1.54, 1.807) is 37.3 Å². The molecule has 0 aliphatic carbocycles. The van der Waals surface area contributed by atoms with Crippen LogP contribution < -0.4 is 15.4 Å². The van der Waals surface area contributed by atoms with Crippen molar-refractivity contribution in [2.75, 3.05) is 28.9 Å². The third kappa shape index (κ3) is 5.69. The lowest BCUT2D eigenvalue weighted by Gasteiger charge is -2.22. The van der Waals surface area contributed by atoms with Gasteiger partial charge in [-0.2, -0.15) is 5.10 Å². The molecule has 0 saturated carbocycles. The van der Waals surface area contributed by atoms with Crippen molar-refractivity contribution < 1.29 is 13.2 Å². The van der Waals surface area contributed by atoms with E-state index < -0.39 is 10.0 Å². The van der Waals surface area contributed by atoms with Crippen LogP contribution in [0.5, 0.6) is 0 Å². The minimum atomic E-state index is -3.31. The summed E-state index contributed by atoms with van der Waals surface area (Å²) in [7, 11) is -3.31. The van der Waals surface area contributed by atoms with Gasteiger partial charge in [0.2, 0.25) is 10.0 Å². The summed E-state index contributed by atoms with van der Waals surface area (Å²) >= 11 is 0. The number of hydrogen-bond donors (Lipinski definition) is 3. The smallest absolute Gasteiger partial charge is 0.276 e. The van der Waals surface area contributed by atoms with E-state index in [-0.39, 0.29) is 30.1 Å². The van der Waals surface area contributed by atoms with Crippen molar-refractivity contribution in [3.05, 3.63) is 42.2 Å². The number of benzene rings is 1. The van der Waals surface area contributed by atoms with Gasteiger partial charge in [0.1, 0.15) is 0 Å². The zero-order chi connectivity index (χ0) is 18.6. The Morgan fingerprint density at radius 2 is 1.96 bits per heavy atom. The molecule has 1 amide bonds. The van der Waals surface area contributed by atoms with Crippen molar-refractivity contribution in [3.63, 3.8) is 0 Å². The summed E-state index contributed by atoms with van der Waals surface area (Å²) < 4.78 is 27.4. The number of piperidine rings is 1. The molecule has 1 aliphatic heterocycles. The van der Waals surface area contributed by atoms with Gasteiger partial charge < -0.3 is 10.6 Å². The number of halogens is 1. The molecule has 0 bridgehead atoms. The first-order valence-corrected chi connectivity index (χ1v) is 10.3. The number of nitrogens with zero attached hydrogens (tertiary/aromatic N) is 2. The largest absolute Gasteiger partial charge is 0.321 e. The SMILES string of the molecule is CCS(=O)(=O)Nc1ccc(NC(=O)c2ccn(C3CCCNC3)n2)cc1.Cl. The van der Waals surface area contributed by atoms with Gasteiger partial charge in [-0.1, -0.05) is 0 Å². The van der Waals surface area contributed by atoms with Crippen LogP contribution in [-0.4, -0.2) is 42.9 Å². The molecule has 1 unspecified atom stereocenters. The maximum absolute atomic E-state index is 12.4. The molecule has 1 saturated heterocycles. The highest BCUT2D eigenvalue weighted by atomic mass is 35.5. The van der Waals surface area contributed by atoms with E-state index in [1.165, 1.54) is 0 Å².